The van der Waals surface area contributed by atoms with Gasteiger partial charge in [0.1, 0.15) is 5.01 Å². The predicted molar refractivity (Wildman–Crippen MR) is 112 cm³/mol. The van der Waals surface area contributed by atoms with Crippen molar-refractivity contribution in [2.75, 3.05) is 19.6 Å². The van der Waals surface area contributed by atoms with Crippen LogP contribution in [0.5, 0.6) is 0 Å². The lowest BCUT2D eigenvalue weighted by molar-refractivity contribution is -0.384. The first-order chi connectivity index (χ1) is 13.2. The number of nitrogens with zero attached hydrogens (tertiary/aromatic N) is 4. The minimum absolute atomic E-state index is 0. The third-order valence-electron chi connectivity index (χ3n) is 4.64. The number of thiazole rings is 1. The number of nitro benzene ring substituents is 1. The zero-order valence-electron chi connectivity index (χ0n) is 15.0. The van der Waals surface area contributed by atoms with E-state index in [4.69, 9.17) is 4.98 Å². The number of hydrogen-bond acceptors (Lipinski definition) is 7. The van der Waals surface area contributed by atoms with E-state index in [0.717, 1.165) is 42.4 Å². The Morgan fingerprint density at radius 1 is 1.32 bits per heavy atom. The molecular weight excluding hydrogens is 398 g/mol. The van der Waals surface area contributed by atoms with Crippen LogP contribution >= 0.6 is 23.7 Å². The van der Waals surface area contributed by atoms with Gasteiger partial charge in [0, 0.05) is 67.7 Å². The zero-order valence-corrected chi connectivity index (χ0v) is 16.7. The smallest absolute Gasteiger partial charge is 0.270 e. The average molecular weight is 418 g/mol. The molecule has 1 unspecified atom stereocenters. The molecule has 0 saturated carbocycles. The summed E-state index contributed by atoms with van der Waals surface area (Å²) in [6.45, 7) is 3.50. The third kappa shape index (κ3) is 4.53. The van der Waals surface area contributed by atoms with Gasteiger partial charge in [-0.2, -0.15) is 0 Å². The molecule has 1 aliphatic rings. The number of nitrogens with one attached hydrogen (secondary N) is 1. The van der Waals surface area contributed by atoms with E-state index < -0.39 is 0 Å². The molecule has 1 N–H and O–H groups in total. The summed E-state index contributed by atoms with van der Waals surface area (Å²) in [5.74, 6) is 0. The van der Waals surface area contributed by atoms with E-state index in [9.17, 15) is 10.1 Å². The molecule has 1 aliphatic heterocycles. The van der Waals surface area contributed by atoms with Crippen LogP contribution in [-0.4, -0.2) is 39.4 Å². The van der Waals surface area contributed by atoms with Crippen LogP contribution in [-0.2, 0) is 6.54 Å². The van der Waals surface area contributed by atoms with Crippen molar-refractivity contribution in [3.8, 4) is 10.6 Å². The van der Waals surface area contributed by atoms with Gasteiger partial charge in [0.25, 0.3) is 5.69 Å². The first kappa shape index (κ1) is 20.3. The minimum Gasteiger partial charge on any atom is -0.314 e. The van der Waals surface area contributed by atoms with E-state index in [1.807, 2.05) is 23.7 Å². The van der Waals surface area contributed by atoms with Crippen molar-refractivity contribution >= 4 is 29.4 Å². The second-order valence-electron chi connectivity index (χ2n) is 6.43. The van der Waals surface area contributed by atoms with E-state index in [1.54, 1.807) is 18.3 Å². The summed E-state index contributed by atoms with van der Waals surface area (Å²) < 4.78 is 0. The Hall–Kier alpha value is -2.39. The Morgan fingerprint density at radius 2 is 2.21 bits per heavy atom. The highest BCUT2D eigenvalue weighted by atomic mass is 35.5. The molecule has 9 heteroatoms. The van der Waals surface area contributed by atoms with E-state index in [-0.39, 0.29) is 29.1 Å². The number of aromatic nitrogens is 2. The lowest BCUT2D eigenvalue weighted by atomic mass is 10.1. The summed E-state index contributed by atoms with van der Waals surface area (Å²) in [6, 6.07) is 11.0. The molecule has 3 heterocycles. The van der Waals surface area contributed by atoms with Crippen LogP contribution in [0.15, 0.2) is 54.2 Å². The molecular formula is C19H20ClN5O2S. The highest BCUT2D eigenvalue weighted by molar-refractivity contribution is 7.13. The third-order valence-corrected chi connectivity index (χ3v) is 5.58. The van der Waals surface area contributed by atoms with Gasteiger partial charge in [-0.1, -0.05) is 18.2 Å². The molecule has 1 fully saturated rings. The van der Waals surface area contributed by atoms with Crippen LogP contribution in [0.4, 0.5) is 5.69 Å². The van der Waals surface area contributed by atoms with E-state index in [0.29, 0.717) is 0 Å². The van der Waals surface area contributed by atoms with E-state index >= 15 is 0 Å². The fourth-order valence-corrected chi connectivity index (χ4v) is 4.12. The normalized spacial score (nSPS) is 17.1. The maximum absolute atomic E-state index is 11.0. The van der Waals surface area contributed by atoms with Crippen LogP contribution in [0.25, 0.3) is 10.6 Å². The fraction of sp³-hybridized carbons (Fsp3) is 0.263. The summed E-state index contributed by atoms with van der Waals surface area (Å²) in [6.07, 6.45) is 3.70. The Morgan fingerprint density at radius 3 is 3.00 bits per heavy atom. The first-order valence-electron chi connectivity index (χ1n) is 8.74. The van der Waals surface area contributed by atoms with Gasteiger partial charge in [-0.15, -0.1) is 23.7 Å². The van der Waals surface area contributed by atoms with Gasteiger partial charge in [-0.05, 0) is 11.6 Å². The molecule has 1 aromatic carbocycles. The topological polar surface area (TPSA) is 84.2 Å². The molecule has 0 radical (unpaired) electrons. The number of pyridine rings is 1. The molecule has 1 atom stereocenters. The molecule has 3 aromatic rings. The van der Waals surface area contributed by atoms with E-state index in [2.05, 4.69) is 21.3 Å². The molecule has 0 aliphatic carbocycles. The fourth-order valence-electron chi connectivity index (χ4n) is 3.31. The van der Waals surface area contributed by atoms with Crippen LogP contribution in [0.2, 0.25) is 0 Å². The highest BCUT2D eigenvalue weighted by Gasteiger charge is 2.24. The number of benzene rings is 1. The maximum Gasteiger partial charge on any atom is 0.270 e. The number of piperazine rings is 1. The Balaban J connectivity index is 0.00000225. The molecule has 4 rings (SSSR count). The lowest BCUT2D eigenvalue weighted by Gasteiger charge is -2.35. The van der Waals surface area contributed by atoms with Crippen LogP contribution in [0, 0.1) is 10.1 Å². The van der Waals surface area contributed by atoms with E-state index in [1.165, 1.54) is 23.0 Å². The second kappa shape index (κ2) is 9.20. The molecule has 28 heavy (non-hydrogen) atoms. The van der Waals surface area contributed by atoms with Crippen molar-refractivity contribution in [1.82, 2.24) is 20.2 Å². The van der Waals surface area contributed by atoms with Gasteiger partial charge < -0.3 is 5.32 Å². The molecule has 0 amide bonds. The largest absolute Gasteiger partial charge is 0.314 e. The second-order valence-corrected chi connectivity index (χ2v) is 7.29. The number of halogens is 1. The van der Waals surface area contributed by atoms with Gasteiger partial charge >= 0.3 is 0 Å². The summed E-state index contributed by atoms with van der Waals surface area (Å²) in [5.41, 5.74) is 3.05. The Labute approximate surface area is 173 Å². The molecule has 146 valence electrons. The Kier molecular flexibility index (Phi) is 6.69. The molecule has 7 nitrogen and oxygen atoms in total. The van der Waals surface area contributed by atoms with Crippen LogP contribution in [0.3, 0.4) is 0 Å². The van der Waals surface area contributed by atoms with Gasteiger partial charge in [0.2, 0.25) is 0 Å². The molecule has 2 aromatic heterocycles. The van der Waals surface area contributed by atoms with Gasteiger partial charge in [0.15, 0.2) is 0 Å². The summed E-state index contributed by atoms with van der Waals surface area (Å²) >= 11 is 1.52. The number of hydrogen-bond donors (Lipinski definition) is 1. The average Bonchev–Trinajstić information content (AvgIpc) is 3.18. The number of rotatable bonds is 5. The van der Waals surface area contributed by atoms with Crippen molar-refractivity contribution in [1.29, 1.82) is 0 Å². The van der Waals surface area contributed by atoms with Crippen molar-refractivity contribution in [3.63, 3.8) is 0 Å². The lowest BCUT2D eigenvalue weighted by Crippen LogP contribution is -2.45. The standard InChI is InChI=1S/C19H19N5O2S.ClH/c25-24(26)17-5-1-3-14(9-17)19-22-16(13-27-19)12-23-8-7-21-11-18(23)15-4-2-6-20-10-15;/h1-6,9-10,13,18,21H,7-8,11-12H2;1H. The van der Waals surface area contributed by atoms with Gasteiger partial charge in [-0.3, -0.25) is 20.0 Å². The minimum atomic E-state index is -0.378. The predicted octanol–water partition coefficient (Wildman–Crippen LogP) is 3.68. The summed E-state index contributed by atoms with van der Waals surface area (Å²) in [4.78, 5) is 22.0. The van der Waals surface area contributed by atoms with Gasteiger partial charge in [-0.25, -0.2) is 4.98 Å². The van der Waals surface area contributed by atoms with Crippen molar-refractivity contribution in [2.45, 2.75) is 12.6 Å². The molecule has 0 bridgehead atoms. The van der Waals surface area contributed by atoms with Crippen LogP contribution in [0.1, 0.15) is 17.3 Å². The SMILES string of the molecule is Cl.O=[N+]([O-])c1cccc(-c2nc(CN3CCNCC3c3cccnc3)cs2)c1. The Bertz CT molecular complexity index is 937. The van der Waals surface area contributed by atoms with Crippen molar-refractivity contribution < 1.29 is 4.92 Å². The van der Waals surface area contributed by atoms with Crippen LogP contribution < -0.4 is 5.32 Å². The molecule has 1 saturated heterocycles. The van der Waals surface area contributed by atoms with Crippen molar-refractivity contribution in [2.24, 2.45) is 0 Å². The number of nitro groups is 1. The summed E-state index contributed by atoms with van der Waals surface area (Å²) in [5, 5.41) is 17.3. The maximum atomic E-state index is 11.0. The molecule has 0 spiro atoms. The van der Waals surface area contributed by atoms with Gasteiger partial charge in [0.05, 0.1) is 10.6 Å². The highest BCUT2D eigenvalue weighted by Crippen LogP contribution is 2.29. The summed E-state index contributed by atoms with van der Waals surface area (Å²) in [7, 11) is 0. The quantitative estimate of drug-likeness (QED) is 0.503. The monoisotopic (exact) mass is 417 g/mol. The van der Waals surface area contributed by atoms with Crippen molar-refractivity contribution in [3.05, 3.63) is 75.5 Å². The number of non-ortho nitro benzene ring substituents is 1. The zero-order chi connectivity index (χ0) is 18.6. The first-order valence-corrected chi connectivity index (χ1v) is 9.62.